The summed E-state index contributed by atoms with van der Waals surface area (Å²) in [6.45, 7) is 0. The lowest BCUT2D eigenvalue weighted by atomic mass is 10.1. The van der Waals surface area contributed by atoms with Crippen LogP contribution < -0.4 is 5.32 Å². The van der Waals surface area contributed by atoms with E-state index in [2.05, 4.69) is 15.3 Å². The highest BCUT2D eigenvalue weighted by Crippen LogP contribution is 2.37. The standard InChI is InChI=1S/C16H6F9N3/c17-7-3-8(18)14-12(13(7)19)9(4-10(28-14)16(23,24)25)27-11-2-1-6(5-26-11)15(20,21)22/h1-5H,(H,26,27,28). The van der Waals surface area contributed by atoms with E-state index in [1.807, 2.05) is 0 Å². The number of anilines is 2. The van der Waals surface area contributed by atoms with Crippen molar-refractivity contribution in [2.24, 2.45) is 0 Å². The molecule has 0 unspecified atom stereocenters. The molecular weight excluding hydrogens is 405 g/mol. The second-order valence-corrected chi connectivity index (χ2v) is 5.49. The Hall–Kier alpha value is -3.05. The largest absolute Gasteiger partial charge is 0.433 e. The van der Waals surface area contributed by atoms with Crippen molar-refractivity contribution in [3.05, 3.63) is 59.2 Å². The molecule has 0 aliphatic heterocycles. The van der Waals surface area contributed by atoms with Crippen LogP contribution in [0.4, 0.5) is 51.0 Å². The van der Waals surface area contributed by atoms with Gasteiger partial charge in [0.25, 0.3) is 0 Å². The van der Waals surface area contributed by atoms with E-state index in [9.17, 15) is 39.5 Å². The van der Waals surface area contributed by atoms with Crippen LogP contribution >= 0.6 is 0 Å². The number of alkyl halides is 6. The van der Waals surface area contributed by atoms with Gasteiger partial charge in [-0.3, -0.25) is 0 Å². The van der Waals surface area contributed by atoms with Gasteiger partial charge < -0.3 is 5.32 Å². The van der Waals surface area contributed by atoms with Crippen LogP contribution in [0.25, 0.3) is 10.9 Å². The molecule has 0 saturated carbocycles. The smallest absolute Gasteiger partial charge is 0.340 e. The van der Waals surface area contributed by atoms with E-state index >= 15 is 0 Å². The molecular formula is C16H6F9N3. The van der Waals surface area contributed by atoms with E-state index in [4.69, 9.17) is 0 Å². The normalized spacial score (nSPS) is 12.5. The lowest BCUT2D eigenvalue weighted by Crippen LogP contribution is -2.11. The van der Waals surface area contributed by atoms with Gasteiger partial charge in [-0.05, 0) is 18.2 Å². The Bertz CT molecular complexity index is 1040. The molecule has 0 radical (unpaired) electrons. The molecule has 2 aromatic heterocycles. The molecule has 3 aromatic rings. The molecule has 0 amide bonds. The average Bonchev–Trinajstić information content (AvgIpc) is 2.58. The van der Waals surface area contributed by atoms with Crippen LogP contribution in [0.2, 0.25) is 0 Å². The zero-order chi connectivity index (χ0) is 20.9. The number of halogens is 9. The minimum absolute atomic E-state index is 0.0327. The zero-order valence-corrected chi connectivity index (χ0v) is 13.2. The highest BCUT2D eigenvalue weighted by Gasteiger charge is 2.35. The van der Waals surface area contributed by atoms with Gasteiger partial charge in [-0.25, -0.2) is 23.1 Å². The highest BCUT2D eigenvalue weighted by atomic mass is 19.4. The molecule has 12 heteroatoms. The van der Waals surface area contributed by atoms with Crippen LogP contribution in [0.1, 0.15) is 11.3 Å². The molecule has 3 nitrogen and oxygen atoms in total. The third-order valence-corrected chi connectivity index (χ3v) is 3.57. The van der Waals surface area contributed by atoms with Crippen molar-refractivity contribution >= 4 is 22.4 Å². The van der Waals surface area contributed by atoms with Crippen molar-refractivity contribution in [1.29, 1.82) is 0 Å². The SMILES string of the molecule is Fc1cc(F)c2nc(C(F)(F)F)cc(Nc3ccc(C(F)(F)F)cn3)c2c1F. The van der Waals surface area contributed by atoms with Crippen molar-refractivity contribution < 1.29 is 39.5 Å². The fourth-order valence-corrected chi connectivity index (χ4v) is 2.32. The lowest BCUT2D eigenvalue weighted by Gasteiger charge is -2.15. The van der Waals surface area contributed by atoms with Gasteiger partial charge in [0.1, 0.15) is 17.0 Å². The molecule has 2 heterocycles. The summed E-state index contributed by atoms with van der Waals surface area (Å²) >= 11 is 0. The molecule has 1 N–H and O–H groups in total. The minimum Gasteiger partial charge on any atom is -0.340 e. The first-order chi connectivity index (χ1) is 12.9. The number of hydrogen-bond acceptors (Lipinski definition) is 3. The van der Waals surface area contributed by atoms with Gasteiger partial charge in [0.05, 0.1) is 16.6 Å². The molecule has 3 rings (SSSR count). The maximum Gasteiger partial charge on any atom is 0.433 e. The van der Waals surface area contributed by atoms with E-state index < -0.39 is 63.5 Å². The third-order valence-electron chi connectivity index (χ3n) is 3.57. The van der Waals surface area contributed by atoms with Crippen LogP contribution in [0.5, 0.6) is 0 Å². The van der Waals surface area contributed by atoms with Crippen LogP contribution in [0.15, 0.2) is 30.5 Å². The summed E-state index contributed by atoms with van der Waals surface area (Å²) in [6, 6.07) is 1.63. The molecule has 0 atom stereocenters. The van der Waals surface area contributed by atoms with Crippen LogP contribution in [0.3, 0.4) is 0 Å². The Labute approximate surface area is 149 Å². The van der Waals surface area contributed by atoms with Crippen molar-refractivity contribution in [2.45, 2.75) is 12.4 Å². The molecule has 0 aliphatic carbocycles. The summed E-state index contributed by atoms with van der Waals surface area (Å²) in [4.78, 5) is 6.35. The Morgan fingerprint density at radius 1 is 0.821 bits per heavy atom. The quantitative estimate of drug-likeness (QED) is 0.426. The van der Waals surface area contributed by atoms with Crippen molar-refractivity contribution in [1.82, 2.24) is 9.97 Å². The van der Waals surface area contributed by atoms with Crippen LogP contribution in [-0.4, -0.2) is 9.97 Å². The van der Waals surface area contributed by atoms with Crippen molar-refractivity contribution in [3.8, 4) is 0 Å². The predicted molar refractivity (Wildman–Crippen MR) is 79.1 cm³/mol. The van der Waals surface area contributed by atoms with Gasteiger partial charge in [-0.15, -0.1) is 0 Å². The van der Waals surface area contributed by atoms with Crippen LogP contribution in [-0.2, 0) is 12.4 Å². The van der Waals surface area contributed by atoms with Gasteiger partial charge >= 0.3 is 12.4 Å². The third kappa shape index (κ3) is 3.66. The Balaban J connectivity index is 2.18. The fourth-order valence-electron chi connectivity index (χ4n) is 2.32. The topological polar surface area (TPSA) is 37.8 Å². The monoisotopic (exact) mass is 411 g/mol. The molecule has 0 saturated heterocycles. The maximum absolute atomic E-state index is 14.1. The van der Waals surface area contributed by atoms with E-state index in [1.165, 1.54) is 0 Å². The number of hydrogen-bond donors (Lipinski definition) is 1. The molecule has 148 valence electrons. The Morgan fingerprint density at radius 3 is 2.04 bits per heavy atom. The number of fused-ring (bicyclic) bond motifs is 1. The van der Waals surface area contributed by atoms with E-state index in [-0.39, 0.29) is 12.1 Å². The lowest BCUT2D eigenvalue weighted by molar-refractivity contribution is -0.141. The van der Waals surface area contributed by atoms with Gasteiger partial charge in [0, 0.05) is 12.3 Å². The first-order valence-electron chi connectivity index (χ1n) is 7.23. The molecule has 1 aromatic carbocycles. The predicted octanol–water partition coefficient (Wildman–Crippen LogP) is 5.83. The number of benzene rings is 1. The van der Waals surface area contributed by atoms with Gasteiger partial charge in [-0.1, -0.05) is 0 Å². The van der Waals surface area contributed by atoms with Crippen molar-refractivity contribution in [3.63, 3.8) is 0 Å². The van der Waals surface area contributed by atoms with Gasteiger partial charge in [0.15, 0.2) is 17.5 Å². The minimum atomic E-state index is -5.06. The summed E-state index contributed by atoms with van der Waals surface area (Å²) in [5, 5.41) is 1.19. The number of rotatable bonds is 2. The van der Waals surface area contributed by atoms with Crippen molar-refractivity contribution in [2.75, 3.05) is 5.32 Å². The summed E-state index contributed by atoms with van der Waals surface area (Å²) in [5.74, 6) is -5.34. The number of pyridine rings is 2. The maximum atomic E-state index is 14.1. The molecule has 28 heavy (non-hydrogen) atoms. The number of nitrogens with zero attached hydrogens (tertiary/aromatic N) is 2. The molecule has 0 bridgehead atoms. The van der Waals surface area contributed by atoms with Gasteiger partial charge in [-0.2, -0.15) is 26.3 Å². The second kappa shape index (κ2) is 6.53. The van der Waals surface area contributed by atoms with E-state index in [1.54, 1.807) is 0 Å². The molecule has 0 spiro atoms. The Morgan fingerprint density at radius 2 is 1.50 bits per heavy atom. The average molecular weight is 411 g/mol. The first kappa shape index (κ1) is 19.7. The highest BCUT2D eigenvalue weighted by molar-refractivity contribution is 5.94. The van der Waals surface area contributed by atoms with E-state index in [0.29, 0.717) is 12.3 Å². The molecule has 0 fully saturated rings. The van der Waals surface area contributed by atoms with E-state index in [0.717, 1.165) is 6.07 Å². The number of aromatic nitrogens is 2. The van der Waals surface area contributed by atoms with Gasteiger partial charge in [0.2, 0.25) is 0 Å². The number of nitrogens with one attached hydrogen (secondary N) is 1. The summed E-state index contributed by atoms with van der Waals surface area (Å²) in [6.07, 6.45) is -9.39. The van der Waals surface area contributed by atoms with Crippen LogP contribution in [0, 0.1) is 17.5 Å². The first-order valence-corrected chi connectivity index (χ1v) is 7.23. The fraction of sp³-hybridized carbons (Fsp3) is 0.125. The zero-order valence-electron chi connectivity index (χ0n) is 13.2. The molecule has 0 aliphatic rings. The summed E-state index contributed by atoms with van der Waals surface area (Å²) < 4.78 is 118. The second-order valence-electron chi connectivity index (χ2n) is 5.49. The summed E-state index contributed by atoms with van der Waals surface area (Å²) in [5.41, 5.74) is -4.65. The summed E-state index contributed by atoms with van der Waals surface area (Å²) in [7, 11) is 0. The Kier molecular flexibility index (Phi) is 4.60.